The molecule has 126 valence electrons. The smallest absolute Gasteiger partial charge is 0.308 e. The molecular formula is C19H24N4O. The summed E-state index contributed by atoms with van der Waals surface area (Å²) < 4.78 is 0. The molecule has 1 aliphatic rings. The van der Waals surface area contributed by atoms with Crippen LogP contribution in [-0.2, 0) is 6.54 Å². The third-order valence-corrected chi connectivity index (χ3v) is 4.21. The second-order valence-electron chi connectivity index (χ2n) is 6.30. The van der Waals surface area contributed by atoms with Crippen LogP contribution in [0.4, 0.5) is 16.2 Å². The number of hydrogen-bond donors (Lipinski definition) is 2. The predicted octanol–water partition coefficient (Wildman–Crippen LogP) is 4.02. The Balaban J connectivity index is 1.57. The molecule has 1 fully saturated rings. The number of nitrogens with one attached hydrogen (secondary N) is 2. The average Bonchev–Trinajstić information content (AvgIpc) is 2.58. The molecule has 0 spiro atoms. The zero-order valence-electron chi connectivity index (χ0n) is 14.1. The van der Waals surface area contributed by atoms with Crippen LogP contribution in [0.15, 0.2) is 42.6 Å². The number of anilines is 2. The molecule has 1 aromatic carbocycles. The highest BCUT2D eigenvalue weighted by Gasteiger charge is 2.11. The number of likely N-dealkylation sites (tertiary alicyclic amines) is 1. The van der Waals surface area contributed by atoms with Crippen molar-refractivity contribution in [2.75, 3.05) is 23.7 Å². The molecule has 24 heavy (non-hydrogen) atoms. The standard InChI is InChI=1S/C19H24N4O/c1-15-8-9-18(13-20-15)22-19(24)21-17-7-5-6-16(12-17)14-23-10-3-2-4-11-23/h5-9,12-13H,2-4,10-11,14H2,1H3,(H2,21,22,24). The minimum Gasteiger partial charge on any atom is -0.308 e. The zero-order chi connectivity index (χ0) is 16.8. The molecular weight excluding hydrogens is 300 g/mol. The quantitative estimate of drug-likeness (QED) is 0.893. The van der Waals surface area contributed by atoms with E-state index >= 15 is 0 Å². The van der Waals surface area contributed by atoms with E-state index in [0.29, 0.717) is 5.69 Å². The van der Waals surface area contributed by atoms with Gasteiger partial charge in [0.15, 0.2) is 0 Å². The molecule has 0 aliphatic carbocycles. The van der Waals surface area contributed by atoms with Gasteiger partial charge in [-0.15, -0.1) is 0 Å². The lowest BCUT2D eigenvalue weighted by molar-refractivity contribution is 0.221. The fourth-order valence-corrected chi connectivity index (χ4v) is 2.96. The molecule has 2 amide bonds. The summed E-state index contributed by atoms with van der Waals surface area (Å²) in [5.74, 6) is 0. The van der Waals surface area contributed by atoms with Crippen molar-refractivity contribution in [3.05, 3.63) is 53.9 Å². The van der Waals surface area contributed by atoms with Crippen molar-refractivity contribution in [3.8, 4) is 0 Å². The molecule has 1 aliphatic heterocycles. The molecule has 0 unspecified atom stereocenters. The summed E-state index contributed by atoms with van der Waals surface area (Å²) in [6.07, 6.45) is 5.56. The number of pyridine rings is 1. The zero-order valence-corrected chi connectivity index (χ0v) is 14.1. The molecule has 5 heteroatoms. The summed E-state index contributed by atoms with van der Waals surface area (Å²) in [6.45, 7) is 5.19. The Kier molecular flexibility index (Phi) is 5.43. The number of rotatable bonds is 4. The number of urea groups is 1. The molecule has 3 rings (SSSR count). The summed E-state index contributed by atoms with van der Waals surface area (Å²) in [5.41, 5.74) is 3.64. The summed E-state index contributed by atoms with van der Waals surface area (Å²) in [7, 11) is 0. The van der Waals surface area contributed by atoms with Crippen molar-refractivity contribution in [1.82, 2.24) is 9.88 Å². The van der Waals surface area contributed by atoms with E-state index in [4.69, 9.17) is 0 Å². The number of aryl methyl sites for hydroxylation is 1. The van der Waals surface area contributed by atoms with E-state index in [1.807, 2.05) is 37.3 Å². The first-order valence-electron chi connectivity index (χ1n) is 8.51. The predicted molar refractivity (Wildman–Crippen MR) is 97.2 cm³/mol. The van der Waals surface area contributed by atoms with E-state index in [-0.39, 0.29) is 6.03 Å². The number of carbonyl (C=O) groups is 1. The van der Waals surface area contributed by atoms with Crippen LogP contribution in [0.3, 0.4) is 0 Å². The molecule has 2 N–H and O–H groups in total. The topological polar surface area (TPSA) is 57.3 Å². The minimum atomic E-state index is -0.254. The van der Waals surface area contributed by atoms with Crippen molar-refractivity contribution in [2.24, 2.45) is 0 Å². The Hall–Kier alpha value is -2.40. The first-order chi connectivity index (χ1) is 11.7. The van der Waals surface area contributed by atoms with E-state index in [0.717, 1.165) is 17.9 Å². The molecule has 2 aromatic rings. The Morgan fingerprint density at radius 1 is 1.08 bits per heavy atom. The van der Waals surface area contributed by atoms with Gasteiger partial charge in [0.1, 0.15) is 0 Å². The van der Waals surface area contributed by atoms with Gasteiger partial charge in [-0.3, -0.25) is 9.88 Å². The summed E-state index contributed by atoms with van der Waals surface area (Å²) in [5, 5.41) is 5.68. The Morgan fingerprint density at radius 3 is 2.62 bits per heavy atom. The van der Waals surface area contributed by atoms with Crippen molar-refractivity contribution in [2.45, 2.75) is 32.7 Å². The largest absolute Gasteiger partial charge is 0.323 e. The van der Waals surface area contributed by atoms with Gasteiger partial charge in [0, 0.05) is 17.9 Å². The third-order valence-electron chi connectivity index (χ3n) is 4.21. The van der Waals surface area contributed by atoms with Gasteiger partial charge in [-0.25, -0.2) is 4.79 Å². The van der Waals surface area contributed by atoms with Gasteiger partial charge in [0.2, 0.25) is 0 Å². The van der Waals surface area contributed by atoms with Gasteiger partial charge in [0.05, 0.1) is 11.9 Å². The van der Waals surface area contributed by atoms with Crippen molar-refractivity contribution in [1.29, 1.82) is 0 Å². The molecule has 0 atom stereocenters. The molecule has 1 aromatic heterocycles. The maximum absolute atomic E-state index is 12.1. The third kappa shape index (κ3) is 4.80. The highest BCUT2D eigenvalue weighted by Crippen LogP contribution is 2.16. The number of benzene rings is 1. The van der Waals surface area contributed by atoms with E-state index in [9.17, 15) is 4.79 Å². The maximum Gasteiger partial charge on any atom is 0.323 e. The minimum absolute atomic E-state index is 0.254. The van der Waals surface area contributed by atoms with Gasteiger partial charge in [-0.1, -0.05) is 18.6 Å². The maximum atomic E-state index is 12.1. The van der Waals surface area contributed by atoms with E-state index in [1.165, 1.54) is 37.9 Å². The summed E-state index contributed by atoms with van der Waals surface area (Å²) in [6, 6.07) is 11.5. The Labute approximate surface area is 143 Å². The van der Waals surface area contributed by atoms with Crippen LogP contribution in [-0.4, -0.2) is 29.0 Å². The number of aromatic nitrogens is 1. The van der Waals surface area contributed by atoms with Gasteiger partial charge < -0.3 is 10.6 Å². The van der Waals surface area contributed by atoms with Crippen LogP contribution in [0.5, 0.6) is 0 Å². The van der Waals surface area contributed by atoms with E-state index in [1.54, 1.807) is 6.20 Å². The van der Waals surface area contributed by atoms with Crippen LogP contribution in [0, 0.1) is 6.92 Å². The normalized spacial score (nSPS) is 15.0. The summed E-state index contributed by atoms with van der Waals surface area (Å²) >= 11 is 0. The van der Waals surface area contributed by atoms with Crippen molar-refractivity contribution >= 4 is 17.4 Å². The second-order valence-corrected chi connectivity index (χ2v) is 6.30. The number of amides is 2. The first kappa shape index (κ1) is 16.5. The molecule has 2 heterocycles. The first-order valence-corrected chi connectivity index (χ1v) is 8.51. The second kappa shape index (κ2) is 7.93. The van der Waals surface area contributed by atoms with Crippen molar-refractivity contribution < 1.29 is 4.79 Å². The van der Waals surface area contributed by atoms with E-state index in [2.05, 4.69) is 26.6 Å². The Morgan fingerprint density at radius 2 is 1.88 bits per heavy atom. The lowest BCUT2D eigenvalue weighted by Gasteiger charge is -2.26. The molecule has 0 bridgehead atoms. The lowest BCUT2D eigenvalue weighted by atomic mass is 10.1. The van der Waals surface area contributed by atoms with Crippen LogP contribution >= 0.6 is 0 Å². The van der Waals surface area contributed by atoms with Crippen LogP contribution in [0.25, 0.3) is 0 Å². The number of nitrogens with zero attached hydrogens (tertiary/aromatic N) is 2. The number of carbonyl (C=O) groups excluding carboxylic acids is 1. The number of piperidine rings is 1. The fraction of sp³-hybridized carbons (Fsp3) is 0.368. The molecule has 0 saturated carbocycles. The monoisotopic (exact) mass is 324 g/mol. The van der Waals surface area contributed by atoms with E-state index < -0.39 is 0 Å². The molecule has 1 saturated heterocycles. The fourth-order valence-electron chi connectivity index (χ4n) is 2.96. The van der Waals surface area contributed by atoms with Gasteiger partial charge in [0.25, 0.3) is 0 Å². The summed E-state index contributed by atoms with van der Waals surface area (Å²) in [4.78, 5) is 18.8. The van der Waals surface area contributed by atoms with Crippen LogP contribution < -0.4 is 10.6 Å². The Bertz CT molecular complexity index is 678. The average molecular weight is 324 g/mol. The number of hydrogen-bond acceptors (Lipinski definition) is 3. The highest BCUT2D eigenvalue weighted by molar-refractivity contribution is 5.99. The van der Waals surface area contributed by atoms with Crippen molar-refractivity contribution in [3.63, 3.8) is 0 Å². The van der Waals surface area contributed by atoms with Crippen LogP contribution in [0.1, 0.15) is 30.5 Å². The SMILES string of the molecule is Cc1ccc(NC(=O)Nc2cccc(CN3CCCCC3)c2)cn1. The lowest BCUT2D eigenvalue weighted by Crippen LogP contribution is -2.29. The van der Waals surface area contributed by atoms with Gasteiger partial charge in [-0.05, 0) is 62.7 Å². The van der Waals surface area contributed by atoms with Gasteiger partial charge in [-0.2, -0.15) is 0 Å². The highest BCUT2D eigenvalue weighted by atomic mass is 16.2. The molecule has 5 nitrogen and oxygen atoms in total. The van der Waals surface area contributed by atoms with Crippen LogP contribution in [0.2, 0.25) is 0 Å². The van der Waals surface area contributed by atoms with Gasteiger partial charge >= 0.3 is 6.03 Å². The molecule has 0 radical (unpaired) electrons.